The van der Waals surface area contributed by atoms with Crippen molar-refractivity contribution in [2.75, 3.05) is 0 Å². The predicted molar refractivity (Wildman–Crippen MR) is 69.4 cm³/mol. The number of hydrogen-bond acceptors (Lipinski definition) is 1. The van der Waals surface area contributed by atoms with Gasteiger partial charge in [-0.25, -0.2) is 0 Å². The number of Topliss-reactive ketones (excluding diaryl/α,β-unsaturated/α-hetero) is 1. The molecule has 2 rings (SSSR count). The zero-order valence-electron chi connectivity index (χ0n) is 9.91. The van der Waals surface area contributed by atoms with Crippen LogP contribution in [-0.2, 0) is 4.79 Å². The highest BCUT2D eigenvalue weighted by atomic mass is 16.1. The smallest absolute Gasteiger partial charge is 0.151 e. The van der Waals surface area contributed by atoms with E-state index in [0.29, 0.717) is 6.42 Å². The quantitative estimate of drug-likeness (QED) is 0.566. The summed E-state index contributed by atoms with van der Waals surface area (Å²) in [6.07, 6.45) is 4.96. The first-order chi connectivity index (χ1) is 8.27. The van der Waals surface area contributed by atoms with Crippen LogP contribution >= 0.6 is 0 Å². The van der Waals surface area contributed by atoms with Crippen LogP contribution < -0.4 is 0 Å². The normalized spacial score (nSPS) is 15.5. The zero-order chi connectivity index (χ0) is 12.1. The van der Waals surface area contributed by atoms with Crippen LogP contribution in [0.2, 0.25) is 0 Å². The van der Waals surface area contributed by atoms with Gasteiger partial charge in [0.15, 0.2) is 5.78 Å². The Balaban J connectivity index is 2.06. The van der Waals surface area contributed by atoms with Crippen LogP contribution in [-0.4, -0.2) is 5.78 Å². The van der Waals surface area contributed by atoms with E-state index in [-0.39, 0.29) is 11.2 Å². The van der Waals surface area contributed by atoms with Gasteiger partial charge in [-0.3, -0.25) is 4.79 Å². The molecule has 0 bridgehead atoms. The van der Waals surface area contributed by atoms with Crippen LogP contribution in [0.25, 0.3) is 0 Å². The lowest BCUT2D eigenvalue weighted by Crippen LogP contribution is -2.13. The molecule has 0 N–H and O–H groups in total. The van der Waals surface area contributed by atoms with Crippen molar-refractivity contribution in [3.05, 3.63) is 48.6 Å². The molecule has 0 aliphatic heterocycles. The molecule has 86 valence electrons. The zero-order valence-corrected chi connectivity index (χ0v) is 9.91. The van der Waals surface area contributed by atoms with E-state index in [1.165, 1.54) is 0 Å². The van der Waals surface area contributed by atoms with Gasteiger partial charge in [0.2, 0.25) is 0 Å². The first-order valence-electron chi connectivity index (χ1n) is 5.99. The summed E-state index contributed by atoms with van der Waals surface area (Å²) in [4.78, 5) is 12.0. The minimum atomic E-state index is -0.334. The van der Waals surface area contributed by atoms with E-state index in [2.05, 4.69) is 18.4 Å². The van der Waals surface area contributed by atoms with E-state index in [9.17, 15) is 4.79 Å². The second-order valence-electron chi connectivity index (χ2n) is 4.45. The fourth-order valence-electron chi connectivity index (χ4n) is 1.78. The number of allylic oxidation sites excluding steroid dienone is 1. The topological polar surface area (TPSA) is 17.1 Å². The van der Waals surface area contributed by atoms with Crippen molar-refractivity contribution >= 4 is 5.78 Å². The van der Waals surface area contributed by atoms with Gasteiger partial charge in [0.25, 0.3) is 0 Å². The van der Waals surface area contributed by atoms with Crippen LogP contribution in [0.1, 0.15) is 31.2 Å². The number of ketones is 1. The molecule has 0 spiro atoms. The molecule has 0 amide bonds. The first-order valence-corrected chi connectivity index (χ1v) is 5.99. The Morgan fingerprint density at radius 2 is 2.06 bits per heavy atom. The summed E-state index contributed by atoms with van der Waals surface area (Å²) >= 11 is 0. The van der Waals surface area contributed by atoms with Crippen molar-refractivity contribution in [2.45, 2.75) is 25.7 Å². The van der Waals surface area contributed by atoms with Crippen molar-refractivity contribution in [3.8, 4) is 11.8 Å². The highest BCUT2D eigenvalue weighted by Gasteiger charge is 2.47. The van der Waals surface area contributed by atoms with Crippen molar-refractivity contribution in [1.82, 2.24) is 0 Å². The molecule has 0 aromatic heterocycles. The molecule has 17 heavy (non-hydrogen) atoms. The third-order valence-corrected chi connectivity index (χ3v) is 3.08. The van der Waals surface area contributed by atoms with Crippen LogP contribution in [0.15, 0.2) is 43.0 Å². The monoisotopic (exact) mass is 224 g/mol. The highest BCUT2D eigenvalue weighted by Crippen LogP contribution is 2.47. The summed E-state index contributed by atoms with van der Waals surface area (Å²) in [6, 6.07) is 9.83. The Morgan fingerprint density at radius 1 is 1.35 bits per heavy atom. The molecule has 1 heteroatoms. The summed E-state index contributed by atoms with van der Waals surface area (Å²) in [5.74, 6) is 6.55. The Labute approximate surface area is 103 Å². The van der Waals surface area contributed by atoms with Crippen LogP contribution in [0, 0.1) is 17.3 Å². The summed E-state index contributed by atoms with van der Waals surface area (Å²) in [5, 5.41) is 0. The van der Waals surface area contributed by atoms with Gasteiger partial charge in [0.05, 0.1) is 5.41 Å². The van der Waals surface area contributed by atoms with Crippen molar-refractivity contribution in [2.24, 2.45) is 5.41 Å². The Morgan fingerprint density at radius 3 is 2.65 bits per heavy atom. The maximum atomic E-state index is 12.0. The van der Waals surface area contributed by atoms with Gasteiger partial charge in [0, 0.05) is 12.0 Å². The molecule has 1 aliphatic rings. The Bertz CT molecular complexity index is 469. The Kier molecular flexibility index (Phi) is 3.44. The standard InChI is InChI=1S/C16H16O/c1-2-3-9-15(17)16(12-13-16)11-10-14-7-5-4-6-8-14/h2,4-8H,1,3,9,12-13H2. The van der Waals surface area contributed by atoms with Gasteiger partial charge < -0.3 is 0 Å². The molecular formula is C16H16O. The highest BCUT2D eigenvalue weighted by molar-refractivity contribution is 5.90. The summed E-state index contributed by atoms with van der Waals surface area (Å²) in [6.45, 7) is 3.64. The summed E-state index contributed by atoms with van der Waals surface area (Å²) in [7, 11) is 0. The third kappa shape index (κ3) is 2.85. The van der Waals surface area contributed by atoms with Crippen LogP contribution in [0.4, 0.5) is 0 Å². The summed E-state index contributed by atoms with van der Waals surface area (Å²) < 4.78 is 0. The number of benzene rings is 1. The van der Waals surface area contributed by atoms with E-state index >= 15 is 0 Å². The van der Waals surface area contributed by atoms with Crippen molar-refractivity contribution in [1.29, 1.82) is 0 Å². The van der Waals surface area contributed by atoms with E-state index in [0.717, 1.165) is 24.8 Å². The molecule has 0 heterocycles. The van der Waals surface area contributed by atoms with E-state index in [4.69, 9.17) is 0 Å². The molecule has 1 aromatic rings. The van der Waals surface area contributed by atoms with Crippen molar-refractivity contribution < 1.29 is 4.79 Å². The minimum absolute atomic E-state index is 0.279. The van der Waals surface area contributed by atoms with Gasteiger partial charge in [-0.15, -0.1) is 6.58 Å². The average Bonchev–Trinajstić information content (AvgIpc) is 3.16. The average molecular weight is 224 g/mol. The predicted octanol–water partition coefficient (Wildman–Crippen LogP) is 3.35. The largest absolute Gasteiger partial charge is 0.298 e. The molecule has 1 aliphatic carbocycles. The second-order valence-corrected chi connectivity index (χ2v) is 4.45. The maximum Gasteiger partial charge on any atom is 0.151 e. The lowest BCUT2D eigenvalue weighted by Gasteiger charge is -2.04. The fourth-order valence-corrected chi connectivity index (χ4v) is 1.78. The maximum absolute atomic E-state index is 12.0. The molecular weight excluding hydrogens is 208 g/mol. The van der Waals surface area contributed by atoms with Crippen LogP contribution in [0.3, 0.4) is 0 Å². The molecule has 1 nitrogen and oxygen atoms in total. The molecule has 0 atom stereocenters. The number of carbonyl (C=O) groups excluding carboxylic acids is 1. The van der Waals surface area contributed by atoms with Gasteiger partial charge in [-0.05, 0) is 31.4 Å². The van der Waals surface area contributed by atoms with Crippen LogP contribution in [0.5, 0.6) is 0 Å². The molecule has 0 radical (unpaired) electrons. The fraction of sp³-hybridized carbons (Fsp3) is 0.312. The number of carbonyl (C=O) groups is 1. The molecule has 1 aromatic carbocycles. The number of hydrogen-bond donors (Lipinski definition) is 0. The van der Waals surface area contributed by atoms with Gasteiger partial charge >= 0.3 is 0 Å². The van der Waals surface area contributed by atoms with Gasteiger partial charge in [0.1, 0.15) is 0 Å². The lowest BCUT2D eigenvalue weighted by atomic mass is 9.97. The summed E-state index contributed by atoms with van der Waals surface area (Å²) in [5.41, 5.74) is 0.647. The SMILES string of the molecule is C=CCCC(=O)C1(C#Cc2ccccc2)CC1. The minimum Gasteiger partial charge on any atom is -0.298 e. The third-order valence-electron chi connectivity index (χ3n) is 3.08. The molecule has 0 unspecified atom stereocenters. The van der Waals surface area contributed by atoms with E-state index in [1.807, 2.05) is 30.3 Å². The van der Waals surface area contributed by atoms with Gasteiger partial charge in [-0.1, -0.05) is 36.1 Å². The molecule has 1 fully saturated rings. The molecule has 1 saturated carbocycles. The lowest BCUT2D eigenvalue weighted by molar-refractivity contribution is -0.122. The molecule has 0 saturated heterocycles. The van der Waals surface area contributed by atoms with E-state index < -0.39 is 0 Å². The van der Waals surface area contributed by atoms with Crippen molar-refractivity contribution in [3.63, 3.8) is 0 Å². The Hall–Kier alpha value is -1.81. The first kappa shape index (κ1) is 11.7. The second kappa shape index (κ2) is 5.01. The van der Waals surface area contributed by atoms with Gasteiger partial charge in [-0.2, -0.15) is 0 Å². The van der Waals surface area contributed by atoms with E-state index in [1.54, 1.807) is 6.08 Å². The number of rotatable bonds is 4.